The number of nitrogens with zero attached hydrogens (tertiary/aromatic N) is 3. The first kappa shape index (κ1) is 27.4. The van der Waals surface area contributed by atoms with Crippen molar-refractivity contribution in [2.45, 2.75) is 18.4 Å². The van der Waals surface area contributed by atoms with Crippen molar-refractivity contribution < 1.29 is 32.2 Å². The molecular formula is C28H23N3O9S. The van der Waals surface area contributed by atoms with Crippen LogP contribution in [0.2, 0.25) is 0 Å². The van der Waals surface area contributed by atoms with Crippen molar-refractivity contribution >= 4 is 38.7 Å². The minimum absolute atomic E-state index is 0.0382. The number of benzene rings is 3. The summed E-state index contributed by atoms with van der Waals surface area (Å²) in [6.45, 7) is 1.59. The highest BCUT2D eigenvalue weighted by molar-refractivity contribution is 7.92. The number of methoxy groups -OCH3 is 1. The molecule has 0 saturated carbocycles. The second kappa shape index (κ2) is 10.8. The summed E-state index contributed by atoms with van der Waals surface area (Å²) in [6, 6.07) is 18.2. The predicted molar refractivity (Wildman–Crippen MR) is 149 cm³/mol. The van der Waals surface area contributed by atoms with E-state index in [9.17, 15) is 28.6 Å². The quantitative estimate of drug-likeness (QED) is 0.179. The zero-order valence-electron chi connectivity index (χ0n) is 21.8. The molecule has 5 rings (SSSR count). The summed E-state index contributed by atoms with van der Waals surface area (Å²) in [5.74, 6) is 2.01. The summed E-state index contributed by atoms with van der Waals surface area (Å²) < 4.78 is 44.9. The Morgan fingerprint density at radius 3 is 2.27 bits per heavy atom. The molecule has 1 aromatic heterocycles. The van der Waals surface area contributed by atoms with E-state index in [0.29, 0.717) is 23.0 Å². The average molecular weight is 578 g/mol. The molecular weight excluding hydrogens is 554 g/mol. The number of fused-ring (bicyclic) bond motifs is 1. The molecule has 1 aliphatic heterocycles. The number of ether oxygens (including phenoxy) is 2. The Hall–Kier alpha value is -5.17. The fourth-order valence-corrected chi connectivity index (χ4v) is 5.86. The van der Waals surface area contributed by atoms with E-state index in [1.165, 1.54) is 18.2 Å². The Labute approximate surface area is 234 Å². The maximum atomic E-state index is 13.6. The van der Waals surface area contributed by atoms with Gasteiger partial charge in [0.25, 0.3) is 21.4 Å². The summed E-state index contributed by atoms with van der Waals surface area (Å²) >= 11 is 0. The molecule has 0 bridgehead atoms. The predicted octanol–water partition coefficient (Wildman–Crippen LogP) is 5.74. The summed E-state index contributed by atoms with van der Waals surface area (Å²) in [7, 11) is -2.67. The minimum atomic E-state index is -4.23. The number of hydrogen-bond donors (Lipinski definition) is 0. The van der Waals surface area contributed by atoms with E-state index in [2.05, 4.69) is 0 Å². The van der Waals surface area contributed by atoms with E-state index in [4.69, 9.17) is 13.9 Å². The third-order valence-electron chi connectivity index (χ3n) is 6.44. The van der Waals surface area contributed by atoms with Crippen molar-refractivity contribution in [2.75, 3.05) is 18.0 Å². The Bertz CT molecular complexity index is 1780. The van der Waals surface area contributed by atoms with Gasteiger partial charge in [-0.05, 0) is 67.1 Å². The third kappa shape index (κ3) is 5.47. The van der Waals surface area contributed by atoms with Gasteiger partial charge in [0.1, 0.15) is 29.6 Å². The third-order valence-corrected chi connectivity index (χ3v) is 8.22. The molecule has 0 fully saturated rings. The molecule has 13 heteroatoms. The fraction of sp³-hybridized carbons (Fsp3) is 0.143. The van der Waals surface area contributed by atoms with E-state index in [1.807, 2.05) is 0 Å². The zero-order chi connectivity index (χ0) is 29.3. The van der Waals surface area contributed by atoms with Gasteiger partial charge in [0, 0.05) is 6.07 Å². The van der Waals surface area contributed by atoms with Gasteiger partial charge >= 0.3 is 0 Å². The lowest BCUT2D eigenvalue weighted by atomic mass is 10.0. The minimum Gasteiger partial charge on any atom is -0.497 e. The first-order valence-corrected chi connectivity index (χ1v) is 13.6. The van der Waals surface area contributed by atoms with E-state index in [1.54, 1.807) is 62.6 Å². The Balaban J connectivity index is 1.52. The maximum Gasteiger partial charge on any atom is 0.285 e. The molecule has 1 aliphatic rings. The van der Waals surface area contributed by atoms with E-state index >= 15 is 0 Å². The van der Waals surface area contributed by atoms with Crippen molar-refractivity contribution in [3.63, 3.8) is 0 Å². The van der Waals surface area contributed by atoms with Gasteiger partial charge in [-0.1, -0.05) is 17.7 Å². The molecule has 0 unspecified atom stereocenters. The lowest BCUT2D eigenvalue weighted by molar-refractivity contribution is -0.394. The lowest BCUT2D eigenvalue weighted by Gasteiger charge is -2.19. The van der Waals surface area contributed by atoms with Crippen LogP contribution in [0.5, 0.6) is 11.5 Å². The number of non-ortho nitro benzene ring substituents is 1. The molecule has 0 saturated heterocycles. The topological polar surface area (TPSA) is 155 Å². The smallest absolute Gasteiger partial charge is 0.285 e. The van der Waals surface area contributed by atoms with Crippen molar-refractivity contribution in [3.8, 4) is 11.5 Å². The van der Waals surface area contributed by atoms with Crippen LogP contribution in [0, 0.1) is 27.2 Å². The summed E-state index contributed by atoms with van der Waals surface area (Å²) in [5, 5.41) is 23.6. The molecule has 4 aromatic rings. The highest BCUT2D eigenvalue weighted by Crippen LogP contribution is 2.47. The largest absolute Gasteiger partial charge is 0.497 e. The van der Waals surface area contributed by atoms with Crippen molar-refractivity contribution in [1.29, 1.82) is 0 Å². The van der Waals surface area contributed by atoms with Crippen LogP contribution >= 0.6 is 0 Å². The highest BCUT2D eigenvalue weighted by atomic mass is 32.2. The second-order valence-electron chi connectivity index (χ2n) is 9.14. The number of rotatable bonds is 9. The van der Waals surface area contributed by atoms with Gasteiger partial charge in [-0.25, -0.2) is 8.42 Å². The fourth-order valence-electron chi connectivity index (χ4n) is 4.41. The molecule has 0 N–H and O–H groups in total. The standard InChI is InChI=1S/C28H23N3O9S/c1-18-3-11-25(12-4-18)41(36,37)29-16-19(28-26(29)14-20(30(32)33)15-27(28)31(34)35)13-23-9-10-24(40-23)17-39-22-7-5-21(38-2)6-8-22/h3-15H,16-17H2,1-2H3. The van der Waals surface area contributed by atoms with Gasteiger partial charge in [-0.2, -0.15) is 0 Å². The van der Waals surface area contributed by atoms with Gasteiger partial charge in [-0.15, -0.1) is 0 Å². The monoisotopic (exact) mass is 577 g/mol. The molecule has 210 valence electrons. The Morgan fingerprint density at radius 1 is 0.951 bits per heavy atom. The molecule has 0 aliphatic carbocycles. The first-order valence-electron chi connectivity index (χ1n) is 12.2. The van der Waals surface area contributed by atoms with Crippen LogP contribution in [0.15, 0.2) is 82.1 Å². The van der Waals surface area contributed by atoms with Crippen molar-refractivity contribution in [1.82, 2.24) is 0 Å². The number of nitro benzene ring substituents is 2. The van der Waals surface area contributed by atoms with Gasteiger partial charge in [0.15, 0.2) is 0 Å². The number of sulfonamides is 1. The van der Waals surface area contributed by atoms with Crippen LogP contribution in [0.25, 0.3) is 11.6 Å². The number of anilines is 1. The van der Waals surface area contributed by atoms with Crippen LogP contribution in [0.3, 0.4) is 0 Å². The van der Waals surface area contributed by atoms with Crippen LogP contribution in [-0.2, 0) is 16.6 Å². The van der Waals surface area contributed by atoms with Crippen LogP contribution in [0.1, 0.15) is 22.6 Å². The lowest BCUT2D eigenvalue weighted by Crippen LogP contribution is -2.29. The number of nitro groups is 2. The second-order valence-corrected chi connectivity index (χ2v) is 11.0. The first-order chi connectivity index (χ1) is 19.6. The molecule has 0 spiro atoms. The van der Waals surface area contributed by atoms with Crippen molar-refractivity contribution in [2.24, 2.45) is 0 Å². The molecule has 0 radical (unpaired) electrons. The molecule has 3 aromatic carbocycles. The van der Waals surface area contributed by atoms with Gasteiger partial charge in [0.2, 0.25) is 0 Å². The van der Waals surface area contributed by atoms with Gasteiger partial charge in [0.05, 0.1) is 45.7 Å². The van der Waals surface area contributed by atoms with E-state index < -0.39 is 31.2 Å². The molecule has 2 heterocycles. The van der Waals surface area contributed by atoms with Gasteiger partial charge in [-0.3, -0.25) is 24.5 Å². The zero-order valence-corrected chi connectivity index (χ0v) is 22.7. The number of furan rings is 1. The van der Waals surface area contributed by atoms with E-state index in [-0.39, 0.29) is 34.9 Å². The Kier molecular flexibility index (Phi) is 7.20. The van der Waals surface area contributed by atoms with Gasteiger partial charge < -0.3 is 13.9 Å². The molecule has 41 heavy (non-hydrogen) atoms. The maximum absolute atomic E-state index is 13.6. The van der Waals surface area contributed by atoms with Crippen LogP contribution in [0.4, 0.5) is 17.1 Å². The number of aryl methyl sites for hydroxylation is 1. The van der Waals surface area contributed by atoms with E-state index in [0.717, 1.165) is 22.0 Å². The summed E-state index contributed by atoms with van der Waals surface area (Å²) in [5.41, 5.74) is -0.305. The normalized spacial score (nSPS) is 13.7. The Morgan fingerprint density at radius 2 is 1.63 bits per heavy atom. The average Bonchev–Trinajstić information content (AvgIpc) is 3.56. The van der Waals surface area contributed by atoms with Crippen LogP contribution < -0.4 is 13.8 Å². The van der Waals surface area contributed by atoms with Crippen LogP contribution in [-0.4, -0.2) is 31.9 Å². The highest BCUT2D eigenvalue weighted by Gasteiger charge is 2.40. The molecule has 0 amide bonds. The molecule has 12 nitrogen and oxygen atoms in total. The summed E-state index contributed by atoms with van der Waals surface area (Å²) in [6.07, 6.45) is 1.49. The molecule has 0 atom stereocenters. The number of hydrogen-bond acceptors (Lipinski definition) is 9. The van der Waals surface area contributed by atoms with Crippen molar-refractivity contribution in [3.05, 3.63) is 116 Å². The summed E-state index contributed by atoms with van der Waals surface area (Å²) in [4.78, 5) is 22.0. The SMILES string of the molecule is COc1ccc(OCc2ccc(C=C3CN(S(=O)(=O)c4ccc(C)cc4)c4cc([N+](=O)[O-])cc([N+](=O)[O-])c43)o2)cc1.